The van der Waals surface area contributed by atoms with Gasteiger partial charge in [0.1, 0.15) is 0 Å². The summed E-state index contributed by atoms with van der Waals surface area (Å²) in [5, 5.41) is 2.56. The number of para-hydroxylation sites is 1. The summed E-state index contributed by atoms with van der Waals surface area (Å²) in [7, 11) is 0. The molecule has 0 saturated heterocycles. The van der Waals surface area contributed by atoms with E-state index in [1.807, 2.05) is 6.20 Å². The number of rotatable bonds is 3. The van der Waals surface area contributed by atoms with Crippen LogP contribution in [0.1, 0.15) is 11.1 Å². The quantitative estimate of drug-likeness (QED) is 0.258. The van der Waals surface area contributed by atoms with Crippen LogP contribution in [0.3, 0.4) is 0 Å². The lowest BCUT2D eigenvalue weighted by molar-refractivity contribution is 1.09. The summed E-state index contributed by atoms with van der Waals surface area (Å²) in [6.07, 6.45) is 4.17. The Morgan fingerprint density at radius 2 is 1.25 bits per heavy atom. The van der Waals surface area contributed by atoms with Crippen molar-refractivity contribution < 1.29 is 0 Å². The standard InChI is InChI=1S/C33H25N3/c1-22-13-15-29-26(19-22)27-20-23(2)14-16-30(27)36(29)31-17-18-34-32-28(24-9-5-3-6-10-24)21-35(33(31)32)25-11-7-4-8-12-25/h3-21H,1-2H3. The highest BCUT2D eigenvalue weighted by Gasteiger charge is 2.20. The molecule has 7 aromatic rings. The fourth-order valence-electron chi connectivity index (χ4n) is 5.45. The number of fused-ring (bicyclic) bond motifs is 4. The van der Waals surface area contributed by atoms with Crippen molar-refractivity contribution in [2.45, 2.75) is 13.8 Å². The number of pyridine rings is 1. The molecule has 4 aromatic carbocycles. The monoisotopic (exact) mass is 463 g/mol. The van der Waals surface area contributed by atoms with Gasteiger partial charge in [-0.25, -0.2) is 0 Å². The van der Waals surface area contributed by atoms with Gasteiger partial charge in [-0.3, -0.25) is 4.98 Å². The van der Waals surface area contributed by atoms with Gasteiger partial charge < -0.3 is 9.13 Å². The second-order valence-electron chi connectivity index (χ2n) is 9.52. The van der Waals surface area contributed by atoms with Crippen molar-refractivity contribution in [3.8, 4) is 22.5 Å². The fourth-order valence-corrected chi connectivity index (χ4v) is 5.45. The number of hydrogen-bond acceptors (Lipinski definition) is 1. The topological polar surface area (TPSA) is 22.8 Å². The summed E-state index contributed by atoms with van der Waals surface area (Å²) in [5.74, 6) is 0. The van der Waals surface area contributed by atoms with Gasteiger partial charge in [-0.2, -0.15) is 0 Å². The van der Waals surface area contributed by atoms with E-state index in [-0.39, 0.29) is 0 Å². The predicted octanol–water partition coefficient (Wildman–Crippen LogP) is 8.41. The van der Waals surface area contributed by atoms with Crippen molar-refractivity contribution in [2.75, 3.05) is 0 Å². The lowest BCUT2D eigenvalue weighted by atomic mass is 10.1. The summed E-state index contributed by atoms with van der Waals surface area (Å²) < 4.78 is 4.70. The van der Waals surface area contributed by atoms with Crippen LogP contribution >= 0.6 is 0 Å². The summed E-state index contributed by atoms with van der Waals surface area (Å²) >= 11 is 0. The Labute approximate surface area is 209 Å². The second-order valence-corrected chi connectivity index (χ2v) is 9.52. The Bertz CT molecular complexity index is 1830. The molecule has 0 N–H and O–H groups in total. The van der Waals surface area contributed by atoms with Crippen molar-refractivity contribution in [3.05, 3.63) is 127 Å². The summed E-state index contributed by atoms with van der Waals surface area (Å²) in [6, 6.07) is 36.8. The Kier molecular flexibility index (Phi) is 4.58. The zero-order chi connectivity index (χ0) is 24.2. The first-order valence-corrected chi connectivity index (χ1v) is 12.3. The van der Waals surface area contributed by atoms with E-state index in [1.54, 1.807) is 0 Å². The maximum atomic E-state index is 4.93. The average molecular weight is 464 g/mol. The van der Waals surface area contributed by atoms with Gasteiger partial charge in [-0.05, 0) is 61.9 Å². The molecule has 3 aromatic heterocycles. The molecule has 3 nitrogen and oxygen atoms in total. The van der Waals surface area contributed by atoms with Gasteiger partial charge in [0.25, 0.3) is 0 Å². The van der Waals surface area contributed by atoms with E-state index in [0.717, 1.165) is 33.5 Å². The Balaban J connectivity index is 1.65. The molecule has 172 valence electrons. The molecule has 7 rings (SSSR count). The van der Waals surface area contributed by atoms with Gasteiger partial charge in [-0.15, -0.1) is 0 Å². The maximum Gasteiger partial charge on any atom is 0.0984 e. The van der Waals surface area contributed by atoms with Gasteiger partial charge in [-0.1, -0.05) is 71.8 Å². The molecule has 0 aliphatic carbocycles. The van der Waals surface area contributed by atoms with Gasteiger partial charge in [0, 0.05) is 34.4 Å². The molecule has 3 heterocycles. The van der Waals surface area contributed by atoms with E-state index >= 15 is 0 Å². The molecule has 0 atom stereocenters. The Hall–Kier alpha value is -4.63. The second kappa shape index (κ2) is 7.96. The third kappa shape index (κ3) is 3.10. The maximum absolute atomic E-state index is 4.93. The van der Waals surface area contributed by atoms with Gasteiger partial charge in [0.2, 0.25) is 0 Å². The molecular weight excluding hydrogens is 438 g/mol. The van der Waals surface area contributed by atoms with Crippen LogP contribution in [0, 0.1) is 13.8 Å². The van der Waals surface area contributed by atoms with Crippen LogP contribution in [0.5, 0.6) is 0 Å². The SMILES string of the molecule is Cc1ccc2c(c1)c1cc(C)ccc1n2-c1ccnc2c(-c3ccccc3)cn(-c3ccccc3)c12. The van der Waals surface area contributed by atoms with E-state index in [0.29, 0.717) is 0 Å². The van der Waals surface area contributed by atoms with E-state index in [2.05, 4.69) is 132 Å². The molecule has 0 unspecified atom stereocenters. The summed E-state index contributed by atoms with van der Waals surface area (Å²) in [6.45, 7) is 4.32. The van der Waals surface area contributed by atoms with Gasteiger partial charge >= 0.3 is 0 Å². The van der Waals surface area contributed by atoms with Crippen LogP contribution in [0.25, 0.3) is 55.3 Å². The third-order valence-electron chi connectivity index (χ3n) is 7.09. The van der Waals surface area contributed by atoms with Crippen LogP contribution in [-0.2, 0) is 0 Å². The highest BCUT2D eigenvalue weighted by atomic mass is 15.1. The van der Waals surface area contributed by atoms with Gasteiger partial charge in [0.05, 0.1) is 27.8 Å². The molecule has 0 aliphatic heterocycles. The molecule has 0 saturated carbocycles. The van der Waals surface area contributed by atoms with E-state index in [1.165, 1.54) is 32.9 Å². The van der Waals surface area contributed by atoms with Crippen LogP contribution in [0.2, 0.25) is 0 Å². The molecule has 0 fully saturated rings. The minimum atomic E-state index is 0.997. The van der Waals surface area contributed by atoms with Crippen LogP contribution in [-0.4, -0.2) is 14.1 Å². The first-order chi connectivity index (χ1) is 17.7. The molecular formula is C33H25N3. The number of hydrogen-bond donors (Lipinski definition) is 0. The van der Waals surface area contributed by atoms with Gasteiger partial charge in [0.15, 0.2) is 0 Å². The van der Waals surface area contributed by atoms with E-state index in [9.17, 15) is 0 Å². The first-order valence-electron chi connectivity index (χ1n) is 12.3. The van der Waals surface area contributed by atoms with Crippen LogP contribution < -0.4 is 0 Å². The number of nitrogens with zero attached hydrogens (tertiary/aromatic N) is 3. The zero-order valence-electron chi connectivity index (χ0n) is 20.3. The zero-order valence-corrected chi connectivity index (χ0v) is 20.3. The molecule has 0 aliphatic rings. The lowest BCUT2D eigenvalue weighted by Gasteiger charge is -2.13. The average Bonchev–Trinajstić information content (AvgIpc) is 3.46. The van der Waals surface area contributed by atoms with E-state index < -0.39 is 0 Å². The molecule has 0 amide bonds. The fraction of sp³-hybridized carbons (Fsp3) is 0.0606. The highest BCUT2D eigenvalue weighted by Crippen LogP contribution is 2.39. The summed E-state index contributed by atoms with van der Waals surface area (Å²) in [4.78, 5) is 4.93. The molecule has 3 heteroatoms. The number of aromatic nitrogens is 3. The predicted molar refractivity (Wildman–Crippen MR) is 150 cm³/mol. The molecule has 0 bridgehead atoms. The minimum absolute atomic E-state index is 0.997. The third-order valence-corrected chi connectivity index (χ3v) is 7.09. The lowest BCUT2D eigenvalue weighted by Crippen LogP contribution is -2.00. The summed E-state index contributed by atoms with van der Waals surface area (Å²) in [5.41, 5.74) is 11.6. The van der Waals surface area contributed by atoms with Crippen molar-refractivity contribution in [3.63, 3.8) is 0 Å². The number of benzene rings is 4. The van der Waals surface area contributed by atoms with E-state index in [4.69, 9.17) is 4.98 Å². The van der Waals surface area contributed by atoms with Crippen molar-refractivity contribution in [1.29, 1.82) is 0 Å². The van der Waals surface area contributed by atoms with Crippen molar-refractivity contribution in [2.24, 2.45) is 0 Å². The number of aryl methyl sites for hydroxylation is 2. The normalized spacial score (nSPS) is 11.6. The smallest absolute Gasteiger partial charge is 0.0984 e. The van der Waals surface area contributed by atoms with Crippen LogP contribution in [0.15, 0.2) is 116 Å². The molecule has 0 spiro atoms. The molecule has 36 heavy (non-hydrogen) atoms. The minimum Gasteiger partial charge on any atom is -0.313 e. The Morgan fingerprint density at radius 3 is 1.89 bits per heavy atom. The highest BCUT2D eigenvalue weighted by molar-refractivity contribution is 6.11. The van der Waals surface area contributed by atoms with Crippen molar-refractivity contribution >= 4 is 32.8 Å². The van der Waals surface area contributed by atoms with Crippen molar-refractivity contribution in [1.82, 2.24) is 14.1 Å². The molecule has 0 radical (unpaired) electrons. The largest absolute Gasteiger partial charge is 0.313 e. The Morgan fingerprint density at radius 1 is 0.639 bits per heavy atom. The van der Waals surface area contributed by atoms with Crippen LogP contribution in [0.4, 0.5) is 0 Å². The first kappa shape index (κ1) is 20.7.